The number of methoxy groups -OCH3 is 1. The van der Waals surface area contributed by atoms with Crippen LogP contribution in [0.1, 0.15) is 46.2 Å². The van der Waals surface area contributed by atoms with Gasteiger partial charge in [0.15, 0.2) is 14.1 Å². The van der Waals surface area contributed by atoms with Gasteiger partial charge in [0.25, 0.3) is 0 Å². The van der Waals surface area contributed by atoms with Crippen LogP contribution in [0.5, 0.6) is 5.88 Å². The molecule has 2 aliphatic rings. The summed E-state index contributed by atoms with van der Waals surface area (Å²) in [6.07, 6.45) is 3.36. The van der Waals surface area contributed by atoms with Gasteiger partial charge in [-0.3, -0.25) is 0 Å². The van der Waals surface area contributed by atoms with E-state index in [1.807, 2.05) is 13.8 Å². The average molecular weight is 565 g/mol. The molecule has 11 heteroatoms. The summed E-state index contributed by atoms with van der Waals surface area (Å²) in [5.41, 5.74) is 2.69. The largest absolute Gasteiger partial charge is 0.479 e. The molecule has 2 fully saturated rings. The highest BCUT2D eigenvalue weighted by molar-refractivity contribution is 6.76. The molecule has 2 aromatic heterocycles. The maximum atomic E-state index is 6.63. The quantitative estimate of drug-likeness (QED) is 0.307. The summed E-state index contributed by atoms with van der Waals surface area (Å²) in [7, 11) is -1.48. The number of ether oxygens (including phenoxy) is 4. The van der Waals surface area contributed by atoms with Gasteiger partial charge in [0, 0.05) is 26.4 Å². The zero-order valence-corrected chi connectivity index (χ0v) is 27.2. The van der Waals surface area contributed by atoms with E-state index in [0.717, 1.165) is 29.2 Å². The van der Waals surface area contributed by atoms with E-state index in [1.165, 1.54) is 0 Å². The lowest BCUT2D eigenvalue weighted by atomic mass is 10.0. The molecule has 0 amide bonds. The van der Waals surface area contributed by atoms with Gasteiger partial charge in [0.1, 0.15) is 36.3 Å². The number of aromatic nitrogens is 3. The first-order valence-electron chi connectivity index (χ1n) is 13.7. The first-order valence-corrected chi connectivity index (χ1v) is 20.4. The number of hydrogen-bond acceptors (Lipinski definition) is 8. The van der Waals surface area contributed by atoms with Crippen LogP contribution in [0.25, 0.3) is 11.0 Å². The third-order valence-corrected chi connectivity index (χ3v) is 14.3. The first kappa shape index (κ1) is 29.6. The van der Waals surface area contributed by atoms with Gasteiger partial charge >= 0.3 is 0 Å². The van der Waals surface area contributed by atoms with E-state index in [4.69, 9.17) is 28.4 Å². The highest BCUT2D eigenvalue weighted by atomic mass is 28.4. The molecule has 9 nitrogen and oxygen atoms in total. The molecule has 4 heterocycles. The lowest BCUT2D eigenvalue weighted by Gasteiger charge is -2.37. The molecule has 0 saturated carbocycles. The molecule has 4 rings (SSSR count). The molecule has 0 unspecified atom stereocenters. The van der Waals surface area contributed by atoms with Crippen molar-refractivity contribution in [3.63, 3.8) is 0 Å². The molecule has 2 aromatic rings. The summed E-state index contributed by atoms with van der Waals surface area (Å²) in [5, 5.41) is 3.93. The summed E-state index contributed by atoms with van der Waals surface area (Å²) in [4.78, 5) is 9.08. The van der Waals surface area contributed by atoms with Crippen LogP contribution in [-0.4, -0.2) is 75.3 Å². The van der Waals surface area contributed by atoms with Crippen molar-refractivity contribution >= 4 is 27.4 Å². The van der Waals surface area contributed by atoms with E-state index in [9.17, 15) is 0 Å². The Hall–Kier alpha value is -1.35. The molecule has 38 heavy (non-hydrogen) atoms. The lowest BCUT2D eigenvalue weighted by Crippen LogP contribution is -2.47. The zero-order valence-electron chi connectivity index (χ0n) is 25.2. The van der Waals surface area contributed by atoms with Crippen molar-refractivity contribution in [3.8, 4) is 5.88 Å². The third-order valence-electron chi connectivity index (χ3n) is 8.11. The SMILES string of the molecule is COc1ncnc2c([C@@H]3N[C@H](CO[Si](C)(C)C(C)(C)C)[C@H]4OC(C)(C)O[C@H]43)cn(COCC[Si](C)(C)C)c12. The van der Waals surface area contributed by atoms with Crippen LogP contribution >= 0.6 is 0 Å². The van der Waals surface area contributed by atoms with Gasteiger partial charge in [-0.05, 0) is 38.0 Å². The predicted octanol–water partition coefficient (Wildman–Crippen LogP) is 5.31. The van der Waals surface area contributed by atoms with Crippen molar-refractivity contribution in [2.24, 2.45) is 0 Å². The van der Waals surface area contributed by atoms with E-state index in [1.54, 1.807) is 13.4 Å². The van der Waals surface area contributed by atoms with Gasteiger partial charge in [-0.25, -0.2) is 4.98 Å². The van der Waals surface area contributed by atoms with Crippen LogP contribution in [0, 0.1) is 0 Å². The normalized spacial score (nSPS) is 25.8. The number of nitrogens with one attached hydrogen (secondary N) is 1. The summed E-state index contributed by atoms with van der Waals surface area (Å²) in [5.74, 6) is -0.137. The van der Waals surface area contributed by atoms with Crippen LogP contribution in [0.4, 0.5) is 0 Å². The maximum absolute atomic E-state index is 6.63. The molecule has 1 N–H and O–H groups in total. The van der Waals surface area contributed by atoms with E-state index < -0.39 is 22.2 Å². The Morgan fingerprint density at radius 2 is 1.76 bits per heavy atom. The summed E-state index contributed by atoms with van der Waals surface area (Å²) < 4.78 is 33.4. The summed E-state index contributed by atoms with van der Waals surface area (Å²) in [6, 6.07) is 0.979. The van der Waals surface area contributed by atoms with E-state index >= 15 is 0 Å². The molecular formula is C27H48N4O5Si2. The van der Waals surface area contributed by atoms with Gasteiger partial charge in [0.2, 0.25) is 5.88 Å². The van der Waals surface area contributed by atoms with Gasteiger partial charge in [0.05, 0.1) is 25.8 Å². The Morgan fingerprint density at radius 3 is 2.39 bits per heavy atom. The monoisotopic (exact) mass is 564 g/mol. The predicted molar refractivity (Wildman–Crippen MR) is 155 cm³/mol. The minimum atomic E-state index is -1.93. The lowest BCUT2D eigenvalue weighted by molar-refractivity contribution is -0.157. The molecule has 2 aliphatic heterocycles. The van der Waals surface area contributed by atoms with Crippen LogP contribution in [0.2, 0.25) is 43.8 Å². The van der Waals surface area contributed by atoms with E-state index in [2.05, 4.69) is 74.6 Å². The Balaban J connectivity index is 1.64. The standard InChI is InChI=1S/C27H48N4O5Si2/c1-26(2,3)38(10,11)34-15-19-23-24(36-27(4,5)35-23)21(30-19)18-14-31(17-33-12-13-37(7,8)9)22-20(18)28-16-29-25(22)32-6/h14,16,19,21,23-24,30H,12-13,15,17H2,1-11H3/t19-,21+,23-,24+/m1/s1. The van der Waals surface area contributed by atoms with Crippen molar-refractivity contribution in [1.29, 1.82) is 0 Å². The second kappa shape index (κ2) is 10.6. The van der Waals surface area contributed by atoms with Crippen LogP contribution in [0.3, 0.4) is 0 Å². The fourth-order valence-corrected chi connectivity index (χ4v) is 6.66. The Bertz CT molecular complexity index is 1130. The fraction of sp³-hybridized carbons (Fsp3) is 0.778. The Kier molecular flexibility index (Phi) is 8.24. The van der Waals surface area contributed by atoms with Gasteiger partial charge in [-0.1, -0.05) is 40.4 Å². The number of fused-ring (bicyclic) bond motifs is 2. The first-order chi connectivity index (χ1) is 17.5. The molecule has 0 spiro atoms. The van der Waals surface area contributed by atoms with Crippen molar-refractivity contribution in [3.05, 3.63) is 18.1 Å². The second-order valence-electron chi connectivity index (χ2n) is 13.9. The average Bonchev–Trinajstić information content (AvgIpc) is 3.42. The maximum Gasteiger partial charge on any atom is 0.241 e. The highest BCUT2D eigenvalue weighted by Gasteiger charge is 2.55. The number of nitrogens with zero attached hydrogens (tertiary/aromatic N) is 3. The zero-order chi connectivity index (χ0) is 28.1. The van der Waals surface area contributed by atoms with Crippen LogP contribution in [0.15, 0.2) is 12.5 Å². The number of hydrogen-bond donors (Lipinski definition) is 1. The third kappa shape index (κ3) is 6.19. The van der Waals surface area contributed by atoms with E-state index in [0.29, 0.717) is 19.2 Å². The van der Waals surface area contributed by atoms with Gasteiger partial charge in [-0.2, -0.15) is 4.98 Å². The molecular weight excluding hydrogens is 516 g/mol. The molecule has 0 aromatic carbocycles. The Morgan fingerprint density at radius 1 is 1.08 bits per heavy atom. The molecule has 2 saturated heterocycles. The Labute approximate surface area is 230 Å². The van der Waals surface area contributed by atoms with Gasteiger partial charge < -0.3 is 33.3 Å². The molecule has 214 valence electrons. The van der Waals surface area contributed by atoms with Crippen LogP contribution < -0.4 is 10.1 Å². The topological polar surface area (TPSA) is 88.9 Å². The van der Waals surface area contributed by atoms with Crippen molar-refractivity contribution in [2.75, 3.05) is 20.3 Å². The van der Waals surface area contributed by atoms with Crippen molar-refractivity contribution < 1.29 is 23.4 Å². The van der Waals surface area contributed by atoms with Gasteiger partial charge in [-0.15, -0.1) is 0 Å². The summed E-state index contributed by atoms with van der Waals surface area (Å²) >= 11 is 0. The second-order valence-corrected chi connectivity index (χ2v) is 24.3. The molecule has 0 radical (unpaired) electrons. The van der Waals surface area contributed by atoms with Crippen molar-refractivity contribution in [2.45, 2.75) is 115 Å². The minimum Gasteiger partial charge on any atom is -0.479 e. The van der Waals surface area contributed by atoms with Crippen molar-refractivity contribution in [1.82, 2.24) is 19.9 Å². The van der Waals surface area contributed by atoms with Crippen LogP contribution in [-0.2, 0) is 25.4 Å². The highest BCUT2D eigenvalue weighted by Crippen LogP contribution is 2.45. The smallest absolute Gasteiger partial charge is 0.241 e. The fourth-order valence-electron chi connectivity index (χ4n) is 4.88. The number of rotatable bonds is 10. The minimum absolute atomic E-state index is 0.00368. The molecule has 0 bridgehead atoms. The molecule has 0 aliphatic carbocycles. The van der Waals surface area contributed by atoms with E-state index in [-0.39, 0.29) is 29.3 Å². The molecule has 4 atom stereocenters. The summed E-state index contributed by atoms with van der Waals surface area (Å²) in [6.45, 7) is 24.1.